The summed E-state index contributed by atoms with van der Waals surface area (Å²) >= 11 is 0. The van der Waals surface area contributed by atoms with E-state index in [0.29, 0.717) is 18.3 Å². The van der Waals surface area contributed by atoms with Gasteiger partial charge in [0.05, 0.1) is 6.54 Å². The number of rotatable bonds is 6. The SMILES string of the molecule is COC12CC[C@@]3(C[C@@H]1CNC(=O)CN)[C@H]1Cc4ccc(O)c5c4[C@@]3(CCN1CC1CC1)C2O5. The molecule has 7 aliphatic rings. The van der Waals surface area contributed by atoms with E-state index in [2.05, 4.69) is 16.3 Å². The molecule has 2 unspecified atom stereocenters. The Hall–Kier alpha value is -1.83. The average Bonchev–Trinajstić information content (AvgIpc) is 3.57. The molecule has 4 N–H and O–H groups in total. The van der Waals surface area contributed by atoms with Crippen LogP contribution in [0.15, 0.2) is 12.1 Å². The molecule has 178 valence electrons. The van der Waals surface area contributed by atoms with Crippen LogP contribution >= 0.6 is 0 Å². The van der Waals surface area contributed by atoms with Gasteiger partial charge in [0, 0.05) is 48.6 Å². The van der Waals surface area contributed by atoms with Gasteiger partial charge in [0.25, 0.3) is 0 Å². The maximum Gasteiger partial charge on any atom is 0.233 e. The molecule has 2 spiro atoms. The zero-order valence-corrected chi connectivity index (χ0v) is 19.4. The van der Waals surface area contributed by atoms with E-state index in [0.717, 1.165) is 44.6 Å². The van der Waals surface area contributed by atoms with Crippen LogP contribution in [0.2, 0.25) is 0 Å². The lowest BCUT2D eigenvalue weighted by Gasteiger charge is -2.74. The normalized spacial score (nSPS) is 42.1. The molecule has 7 heteroatoms. The van der Waals surface area contributed by atoms with Crippen LogP contribution in [0.3, 0.4) is 0 Å². The number of carbonyl (C=O) groups excluding carboxylic acids is 1. The summed E-state index contributed by atoms with van der Waals surface area (Å²) < 4.78 is 13.2. The average molecular weight is 454 g/mol. The summed E-state index contributed by atoms with van der Waals surface area (Å²) in [5.74, 6) is 1.85. The highest BCUT2D eigenvalue weighted by molar-refractivity contribution is 5.77. The molecule has 8 rings (SSSR count). The Kier molecular flexibility index (Phi) is 4.13. The molecule has 5 fully saturated rings. The van der Waals surface area contributed by atoms with Gasteiger partial charge in [-0.2, -0.15) is 0 Å². The molecule has 2 heterocycles. The fourth-order valence-electron chi connectivity index (χ4n) is 9.10. The molecule has 4 bridgehead atoms. The highest BCUT2D eigenvalue weighted by Gasteiger charge is 2.80. The van der Waals surface area contributed by atoms with E-state index in [1.54, 1.807) is 0 Å². The Balaban J connectivity index is 1.39. The van der Waals surface area contributed by atoms with E-state index in [4.69, 9.17) is 15.2 Å². The van der Waals surface area contributed by atoms with E-state index in [1.807, 2.05) is 13.2 Å². The van der Waals surface area contributed by atoms with E-state index >= 15 is 0 Å². The number of fused-ring (bicyclic) bond motifs is 2. The third kappa shape index (κ3) is 2.34. The van der Waals surface area contributed by atoms with Crippen LogP contribution in [0.25, 0.3) is 0 Å². The van der Waals surface area contributed by atoms with E-state index in [-0.39, 0.29) is 41.1 Å². The number of hydrogen-bond acceptors (Lipinski definition) is 6. The van der Waals surface area contributed by atoms with Crippen molar-refractivity contribution in [3.05, 3.63) is 23.3 Å². The summed E-state index contributed by atoms with van der Waals surface area (Å²) in [5, 5.41) is 13.9. The van der Waals surface area contributed by atoms with Crippen LogP contribution in [0.4, 0.5) is 0 Å². The summed E-state index contributed by atoms with van der Waals surface area (Å²) in [6, 6.07) is 4.44. The van der Waals surface area contributed by atoms with Crippen molar-refractivity contribution in [2.24, 2.45) is 23.0 Å². The second-order valence-electron chi connectivity index (χ2n) is 11.5. The second-order valence-corrected chi connectivity index (χ2v) is 11.5. The molecule has 33 heavy (non-hydrogen) atoms. The molecule has 0 aromatic heterocycles. The number of hydrogen-bond donors (Lipinski definition) is 3. The number of piperidine rings is 1. The number of methoxy groups -OCH3 is 1. The molecule has 1 aromatic carbocycles. The smallest absolute Gasteiger partial charge is 0.233 e. The van der Waals surface area contributed by atoms with Crippen molar-refractivity contribution in [3.63, 3.8) is 0 Å². The monoisotopic (exact) mass is 453 g/mol. The van der Waals surface area contributed by atoms with Gasteiger partial charge in [-0.15, -0.1) is 0 Å². The Bertz CT molecular complexity index is 1030. The predicted octanol–water partition coefficient (Wildman–Crippen LogP) is 1.69. The number of nitrogens with two attached hydrogens (primary N) is 1. The van der Waals surface area contributed by atoms with Crippen molar-refractivity contribution in [1.29, 1.82) is 0 Å². The van der Waals surface area contributed by atoms with Crippen LogP contribution in [0.1, 0.15) is 49.7 Å². The summed E-state index contributed by atoms with van der Waals surface area (Å²) in [5.41, 5.74) is 7.70. The lowest BCUT2D eigenvalue weighted by molar-refractivity contribution is -0.276. The van der Waals surface area contributed by atoms with Gasteiger partial charge in [-0.1, -0.05) is 6.07 Å². The Morgan fingerprint density at radius 2 is 2.18 bits per heavy atom. The zero-order chi connectivity index (χ0) is 22.6. The number of phenolic OH excluding ortho intramolecular Hbond substituents is 1. The number of aromatic hydroxyl groups is 1. The van der Waals surface area contributed by atoms with Gasteiger partial charge in [0.1, 0.15) is 11.7 Å². The lowest BCUT2D eigenvalue weighted by atomic mass is 9.35. The predicted molar refractivity (Wildman–Crippen MR) is 122 cm³/mol. The van der Waals surface area contributed by atoms with Crippen molar-refractivity contribution in [1.82, 2.24) is 10.2 Å². The number of ether oxygens (including phenoxy) is 2. The first-order chi connectivity index (χ1) is 16.0. The summed E-state index contributed by atoms with van der Waals surface area (Å²) in [6.07, 6.45) is 7.73. The van der Waals surface area contributed by atoms with Crippen LogP contribution in [-0.4, -0.2) is 66.9 Å². The maximum atomic E-state index is 12.1. The van der Waals surface area contributed by atoms with Crippen molar-refractivity contribution in [2.75, 3.05) is 33.3 Å². The number of carbonyl (C=O) groups is 1. The summed E-state index contributed by atoms with van der Waals surface area (Å²) in [7, 11) is 1.81. The molecule has 0 radical (unpaired) electrons. The van der Waals surface area contributed by atoms with E-state index < -0.39 is 5.60 Å². The molecule has 5 aliphatic carbocycles. The highest BCUT2D eigenvalue weighted by Crippen LogP contribution is 2.76. The minimum Gasteiger partial charge on any atom is -0.504 e. The van der Waals surface area contributed by atoms with Crippen LogP contribution in [0.5, 0.6) is 11.5 Å². The van der Waals surface area contributed by atoms with Gasteiger partial charge >= 0.3 is 0 Å². The largest absolute Gasteiger partial charge is 0.504 e. The molecule has 1 aromatic rings. The number of nitrogens with one attached hydrogen (secondary N) is 1. The number of amides is 1. The number of benzene rings is 1. The fraction of sp³-hybridized carbons (Fsp3) is 0.731. The third-order valence-electron chi connectivity index (χ3n) is 10.5. The summed E-state index contributed by atoms with van der Waals surface area (Å²) in [4.78, 5) is 14.9. The van der Waals surface area contributed by atoms with Gasteiger partial charge in [0.2, 0.25) is 5.91 Å². The van der Waals surface area contributed by atoms with Crippen molar-refractivity contribution in [2.45, 2.75) is 68.1 Å². The van der Waals surface area contributed by atoms with Crippen LogP contribution < -0.4 is 15.8 Å². The third-order valence-corrected chi connectivity index (χ3v) is 10.5. The quantitative estimate of drug-likeness (QED) is 0.607. The van der Waals surface area contributed by atoms with Gasteiger partial charge in [-0.05, 0) is 69.0 Å². The van der Waals surface area contributed by atoms with E-state index in [1.165, 1.54) is 30.5 Å². The first kappa shape index (κ1) is 20.5. The minimum absolute atomic E-state index is 0.00216. The van der Waals surface area contributed by atoms with Crippen molar-refractivity contribution >= 4 is 5.91 Å². The lowest BCUT2D eigenvalue weighted by Crippen LogP contribution is -2.81. The zero-order valence-electron chi connectivity index (χ0n) is 19.4. The molecular weight excluding hydrogens is 418 g/mol. The van der Waals surface area contributed by atoms with Gasteiger partial charge in [-0.25, -0.2) is 0 Å². The van der Waals surface area contributed by atoms with Crippen molar-refractivity contribution < 1.29 is 19.4 Å². The first-order valence-electron chi connectivity index (χ1n) is 12.8. The molecular formula is C26H35N3O4. The highest BCUT2D eigenvalue weighted by atomic mass is 16.6. The first-order valence-corrected chi connectivity index (χ1v) is 12.8. The minimum atomic E-state index is -0.479. The van der Waals surface area contributed by atoms with Crippen LogP contribution in [0, 0.1) is 17.3 Å². The standard InChI is InChI=1S/C26H35N3O4/c1-32-26-7-6-24(11-17(26)13-28-20(31)12-27)19-10-16-4-5-18(30)22-21(16)25(24,23(26)33-22)8-9-29(19)14-15-2-3-15/h4-5,15,17,19,23,30H,2-3,6-14,27H2,1H3,(H,28,31)/t17-,19-,23?,24-,25+,26?/m1/s1. The molecule has 1 amide bonds. The number of likely N-dealkylation sites (tertiary alicyclic amines) is 1. The summed E-state index contributed by atoms with van der Waals surface area (Å²) in [6.45, 7) is 2.86. The molecule has 7 nitrogen and oxygen atoms in total. The van der Waals surface area contributed by atoms with Crippen LogP contribution in [-0.2, 0) is 21.4 Å². The second kappa shape index (κ2) is 6.64. The topological polar surface area (TPSA) is 97.0 Å². The molecule has 6 atom stereocenters. The number of nitrogens with zero attached hydrogens (tertiary/aromatic N) is 1. The Labute approximate surface area is 195 Å². The fourth-order valence-corrected chi connectivity index (χ4v) is 9.10. The molecule has 2 aliphatic heterocycles. The molecule has 4 saturated carbocycles. The Morgan fingerprint density at radius 1 is 1.33 bits per heavy atom. The Morgan fingerprint density at radius 3 is 2.94 bits per heavy atom. The van der Waals surface area contributed by atoms with Gasteiger partial charge < -0.3 is 25.6 Å². The maximum absolute atomic E-state index is 12.1. The van der Waals surface area contributed by atoms with E-state index in [9.17, 15) is 9.90 Å². The molecule has 1 saturated heterocycles. The van der Waals surface area contributed by atoms with Crippen molar-refractivity contribution in [3.8, 4) is 11.5 Å². The van der Waals surface area contributed by atoms with Gasteiger partial charge in [-0.3, -0.25) is 9.69 Å². The number of phenols is 1. The van der Waals surface area contributed by atoms with Gasteiger partial charge in [0.15, 0.2) is 11.5 Å².